The molecule has 0 heterocycles. The fourth-order valence-electron chi connectivity index (χ4n) is 0.418. The second kappa shape index (κ2) is 4.66. The van der Waals surface area contributed by atoms with Crippen LogP contribution in [0.2, 0.25) is 0 Å². The average Bonchev–Trinajstić information content (AvgIpc) is 1.99. The van der Waals surface area contributed by atoms with E-state index in [9.17, 15) is 9.59 Å². The molecule has 0 N–H and O–H groups in total. The smallest absolute Gasteiger partial charge is 0.223 e. The first-order chi connectivity index (χ1) is 5.07. The number of nitrogens with zero attached hydrogens (tertiary/aromatic N) is 1. The summed E-state index contributed by atoms with van der Waals surface area (Å²) in [5, 5.41) is 0. The van der Waals surface area contributed by atoms with Crippen molar-refractivity contribution in [3.63, 3.8) is 0 Å². The number of ketones is 1. The van der Waals surface area contributed by atoms with Crippen LogP contribution in [0.15, 0.2) is 12.3 Å². The van der Waals surface area contributed by atoms with Crippen LogP contribution in [0.4, 0.5) is 0 Å². The van der Waals surface area contributed by atoms with Gasteiger partial charge in [-0.25, -0.2) is 0 Å². The predicted octanol–water partition coefficient (Wildman–Crippen LogP) is 0.958. The van der Waals surface area contributed by atoms with Crippen LogP contribution in [0.5, 0.6) is 0 Å². The van der Waals surface area contributed by atoms with Crippen LogP contribution in [-0.4, -0.2) is 23.6 Å². The molecular formula is C8H13NO2. The molecule has 0 saturated carbocycles. The van der Waals surface area contributed by atoms with Gasteiger partial charge in [0.1, 0.15) is 0 Å². The zero-order valence-electron chi connectivity index (χ0n) is 7.13. The average molecular weight is 155 g/mol. The van der Waals surface area contributed by atoms with Crippen LogP contribution in [0.25, 0.3) is 0 Å². The van der Waals surface area contributed by atoms with Gasteiger partial charge in [-0.2, -0.15) is 0 Å². The lowest BCUT2D eigenvalue weighted by Crippen LogP contribution is -2.16. The summed E-state index contributed by atoms with van der Waals surface area (Å²) >= 11 is 0. The van der Waals surface area contributed by atoms with Gasteiger partial charge in [0.25, 0.3) is 0 Å². The number of rotatable bonds is 3. The van der Waals surface area contributed by atoms with Gasteiger partial charge in [-0.3, -0.25) is 9.59 Å². The van der Waals surface area contributed by atoms with Gasteiger partial charge in [-0.1, -0.05) is 6.92 Å². The van der Waals surface area contributed by atoms with Crippen molar-refractivity contribution in [1.29, 1.82) is 0 Å². The fraction of sp³-hybridized carbons (Fsp3) is 0.500. The van der Waals surface area contributed by atoms with E-state index in [0.29, 0.717) is 6.42 Å². The van der Waals surface area contributed by atoms with Gasteiger partial charge in [0.2, 0.25) is 5.91 Å². The molecule has 0 radical (unpaired) electrons. The molecule has 0 aliphatic carbocycles. The molecule has 0 aliphatic heterocycles. The summed E-state index contributed by atoms with van der Waals surface area (Å²) in [4.78, 5) is 22.7. The third-order valence-corrected chi connectivity index (χ3v) is 1.33. The van der Waals surface area contributed by atoms with E-state index in [1.807, 2.05) is 0 Å². The summed E-state index contributed by atoms with van der Waals surface area (Å²) in [6.07, 6.45) is 3.36. The minimum absolute atomic E-state index is 0.0260. The third kappa shape index (κ3) is 4.31. The Morgan fingerprint density at radius 2 is 2.00 bits per heavy atom. The lowest BCUT2D eigenvalue weighted by molar-refractivity contribution is -0.125. The van der Waals surface area contributed by atoms with E-state index in [2.05, 4.69) is 0 Å². The minimum atomic E-state index is -0.0786. The molecule has 1 amide bonds. The monoisotopic (exact) mass is 155 g/mol. The summed E-state index contributed by atoms with van der Waals surface area (Å²) in [6, 6.07) is 0. The lowest BCUT2D eigenvalue weighted by Gasteiger charge is -2.06. The Morgan fingerprint density at radius 1 is 1.45 bits per heavy atom. The quantitative estimate of drug-likeness (QED) is 0.569. The Labute approximate surface area is 66.7 Å². The van der Waals surface area contributed by atoms with E-state index in [1.54, 1.807) is 14.0 Å². The van der Waals surface area contributed by atoms with Crippen molar-refractivity contribution in [3.05, 3.63) is 12.3 Å². The number of carbonyl (C=O) groups is 2. The highest BCUT2D eigenvalue weighted by atomic mass is 16.2. The molecule has 0 atom stereocenters. The standard InChI is InChI=1S/C8H13NO2/c1-4-8(11)5-6-9(3)7(2)10/h5-6H,4H2,1-3H3. The molecule has 0 aromatic heterocycles. The van der Waals surface area contributed by atoms with Crippen LogP contribution in [0, 0.1) is 0 Å². The molecule has 0 bridgehead atoms. The molecule has 3 nitrogen and oxygen atoms in total. The highest BCUT2D eigenvalue weighted by Gasteiger charge is 1.96. The molecule has 0 aromatic carbocycles. The number of allylic oxidation sites excluding steroid dienone is 1. The highest BCUT2D eigenvalue weighted by Crippen LogP contribution is 1.88. The van der Waals surface area contributed by atoms with Crippen molar-refractivity contribution in [2.75, 3.05) is 7.05 Å². The minimum Gasteiger partial charge on any atom is -0.322 e. The Bertz CT molecular complexity index is 185. The van der Waals surface area contributed by atoms with Crippen LogP contribution in [0.1, 0.15) is 20.3 Å². The number of amides is 1. The molecule has 0 rings (SSSR count). The van der Waals surface area contributed by atoms with E-state index in [4.69, 9.17) is 0 Å². The molecule has 0 aliphatic rings. The summed E-state index contributed by atoms with van der Waals surface area (Å²) in [5.74, 6) is -0.0525. The van der Waals surface area contributed by atoms with Crippen LogP contribution in [-0.2, 0) is 9.59 Å². The summed E-state index contributed by atoms with van der Waals surface area (Å²) in [5.41, 5.74) is 0. The van der Waals surface area contributed by atoms with E-state index < -0.39 is 0 Å². The fourth-order valence-corrected chi connectivity index (χ4v) is 0.418. The van der Waals surface area contributed by atoms with Gasteiger partial charge in [0.15, 0.2) is 5.78 Å². The maximum Gasteiger partial charge on any atom is 0.223 e. The maximum atomic E-state index is 10.7. The molecule has 0 fully saturated rings. The molecule has 11 heavy (non-hydrogen) atoms. The predicted molar refractivity (Wildman–Crippen MR) is 42.9 cm³/mol. The zero-order valence-corrected chi connectivity index (χ0v) is 7.13. The first-order valence-corrected chi connectivity index (χ1v) is 3.52. The number of hydrogen-bond donors (Lipinski definition) is 0. The van der Waals surface area contributed by atoms with E-state index >= 15 is 0 Å². The summed E-state index contributed by atoms with van der Waals surface area (Å²) in [6.45, 7) is 3.22. The van der Waals surface area contributed by atoms with Crippen molar-refractivity contribution in [1.82, 2.24) is 4.90 Å². The van der Waals surface area contributed by atoms with Gasteiger partial charge in [-0.15, -0.1) is 0 Å². The van der Waals surface area contributed by atoms with Gasteiger partial charge < -0.3 is 4.90 Å². The van der Waals surface area contributed by atoms with Gasteiger partial charge in [0, 0.05) is 26.6 Å². The van der Waals surface area contributed by atoms with Crippen LogP contribution >= 0.6 is 0 Å². The molecule has 62 valence electrons. The Kier molecular flexibility index (Phi) is 4.18. The number of carbonyl (C=O) groups excluding carboxylic acids is 2. The van der Waals surface area contributed by atoms with Gasteiger partial charge in [0.05, 0.1) is 0 Å². The first kappa shape index (κ1) is 9.88. The summed E-state index contributed by atoms with van der Waals surface area (Å²) < 4.78 is 0. The van der Waals surface area contributed by atoms with E-state index in [0.717, 1.165) is 0 Å². The van der Waals surface area contributed by atoms with Crippen LogP contribution < -0.4 is 0 Å². The molecule has 0 aromatic rings. The Morgan fingerprint density at radius 3 is 2.36 bits per heavy atom. The Balaban J connectivity index is 3.92. The molecule has 0 saturated heterocycles. The van der Waals surface area contributed by atoms with Gasteiger partial charge >= 0.3 is 0 Å². The molecule has 0 unspecified atom stereocenters. The normalized spacial score (nSPS) is 10.1. The van der Waals surface area contributed by atoms with Crippen molar-refractivity contribution in [3.8, 4) is 0 Å². The SMILES string of the molecule is CCC(=O)C=CN(C)C(C)=O. The Hall–Kier alpha value is -1.12. The van der Waals surface area contributed by atoms with Crippen molar-refractivity contribution in [2.45, 2.75) is 20.3 Å². The number of hydrogen-bond acceptors (Lipinski definition) is 2. The molecule has 3 heteroatoms. The second-order valence-corrected chi connectivity index (χ2v) is 2.27. The van der Waals surface area contributed by atoms with E-state index in [-0.39, 0.29) is 11.7 Å². The topological polar surface area (TPSA) is 37.4 Å². The van der Waals surface area contributed by atoms with Crippen molar-refractivity contribution in [2.24, 2.45) is 0 Å². The van der Waals surface area contributed by atoms with E-state index in [1.165, 1.54) is 24.1 Å². The van der Waals surface area contributed by atoms with Crippen LogP contribution in [0.3, 0.4) is 0 Å². The third-order valence-electron chi connectivity index (χ3n) is 1.33. The zero-order chi connectivity index (χ0) is 8.85. The largest absolute Gasteiger partial charge is 0.322 e. The van der Waals surface area contributed by atoms with Gasteiger partial charge in [-0.05, 0) is 6.08 Å². The second-order valence-electron chi connectivity index (χ2n) is 2.27. The van der Waals surface area contributed by atoms with Crippen molar-refractivity contribution >= 4 is 11.7 Å². The lowest BCUT2D eigenvalue weighted by atomic mass is 10.3. The van der Waals surface area contributed by atoms with Crippen molar-refractivity contribution < 1.29 is 9.59 Å². The molecule has 0 spiro atoms. The first-order valence-electron chi connectivity index (χ1n) is 3.52. The summed E-state index contributed by atoms with van der Waals surface area (Å²) in [7, 11) is 1.61. The highest BCUT2D eigenvalue weighted by molar-refractivity contribution is 5.89. The maximum absolute atomic E-state index is 10.7. The molecular weight excluding hydrogens is 142 g/mol.